The summed E-state index contributed by atoms with van der Waals surface area (Å²) in [5, 5.41) is 19.9. The van der Waals surface area contributed by atoms with E-state index in [0.29, 0.717) is 24.0 Å². The van der Waals surface area contributed by atoms with Crippen molar-refractivity contribution in [1.82, 2.24) is 4.90 Å². The van der Waals surface area contributed by atoms with Gasteiger partial charge in [-0.2, -0.15) is 0 Å². The van der Waals surface area contributed by atoms with Crippen LogP contribution in [-0.4, -0.2) is 47.5 Å². The number of benzene rings is 2. The second-order valence-electron chi connectivity index (χ2n) is 6.01. The summed E-state index contributed by atoms with van der Waals surface area (Å²) in [6, 6.07) is 16.2. The lowest BCUT2D eigenvalue weighted by Crippen LogP contribution is -2.29. The molecule has 1 fully saturated rings. The van der Waals surface area contributed by atoms with Crippen LogP contribution in [0.1, 0.15) is 18.4 Å². The number of nitrogens with zero attached hydrogens (tertiary/aromatic N) is 1. The molecule has 0 atom stereocenters. The number of rotatable bonds is 5. The van der Waals surface area contributed by atoms with Crippen molar-refractivity contribution < 1.29 is 19.6 Å². The van der Waals surface area contributed by atoms with Crippen molar-refractivity contribution in [3.63, 3.8) is 0 Å². The van der Waals surface area contributed by atoms with E-state index in [4.69, 9.17) is 10.0 Å². The molecule has 2 amide bonds. The van der Waals surface area contributed by atoms with E-state index >= 15 is 0 Å². The van der Waals surface area contributed by atoms with Gasteiger partial charge in [0, 0.05) is 18.8 Å². The first-order valence-electron chi connectivity index (χ1n) is 8.58. The molecule has 1 aliphatic heterocycles. The first kappa shape index (κ1) is 19.7. The summed E-state index contributed by atoms with van der Waals surface area (Å²) in [6.45, 7) is 1.90. The molecule has 1 aliphatic rings. The van der Waals surface area contributed by atoms with Gasteiger partial charge in [-0.1, -0.05) is 42.5 Å². The van der Waals surface area contributed by atoms with Gasteiger partial charge in [0.05, 0.1) is 6.42 Å². The van der Waals surface area contributed by atoms with Gasteiger partial charge in [-0.15, -0.1) is 0 Å². The third-order valence-electron chi connectivity index (χ3n) is 4.09. The molecule has 0 bridgehead atoms. The molecule has 2 aromatic carbocycles. The minimum absolute atomic E-state index is 0.272. The molecule has 0 unspecified atom stereocenters. The van der Waals surface area contributed by atoms with Crippen LogP contribution in [-0.2, 0) is 16.0 Å². The van der Waals surface area contributed by atoms with Crippen LogP contribution in [0.4, 0.5) is 5.69 Å². The summed E-state index contributed by atoms with van der Waals surface area (Å²) in [6.07, 6.45) is 3.45. The Morgan fingerprint density at radius 2 is 1.65 bits per heavy atom. The number of nitrogens with one attached hydrogen (secondary N) is 1. The molecular weight excluding hydrogens is 331 g/mol. The number of hydrogen-bond donors (Lipinski definition) is 3. The largest absolute Gasteiger partial charge is 0.488 e. The summed E-state index contributed by atoms with van der Waals surface area (Å²) in [7, 11) is -1.46. The Morgan fingerprint density at radius 1 is 1.04 bits per heavy atom. The lowest BCUT2D eigenvalue weighted by molar-refractivity contribution is -0.129. The van der Waals surface area contributed by atoms with E-state index in [1.54, 1.807) is 12.1 Å². The average Bonchev–Trinajstić information content (AvgIpc) is 3.19. The van der Waals surface area contributed by atoms with Gasteiger partial charge in [0.1, 0.15) is 0 Å². The molecule has 26 heavy (non-hydrogen) atoms. The molecule has 1 heterocycles. The van der Waals surface area contributed by atoms with Crippen LogP contribution in [0.15, 0.2) is 54.6 Å². The molecule has 2 aromatic rings. The lowest BCUT2D eigenvalue weighted by atomic mass is 9.80. The van der Waals surface area contributed by atoms with Gasteiger partial charge in [0.25, 0.3) is 0 Å². The molecule has 6 nitrogen and oxygen atoms in total. The van der Waals surface area contributed by atoms with Gasteiger partial charge in [0.2, 0.25) is 12.3 Å². The number of likely N-dealkylation sites (tertiary alicyclic amines) is 1. The molecule has 3 N–H and O–H groups in total. The molecule has 3 rings (SSSR count). The Hall–Kier alpha value is -2.64. The molecular formula is C19H23BN2O4. The SMILES string of the molecule is O=C(Cc1ccccc1)N1CCCC1.O=CNc1ccc(B(O)O)cc1. The molecule has 136 valence electrons. The monoisotopic (exact) mass is 354 g/mol. The summed E-state index contributed by atoms with van der Waals surface area (Å²) >= 11 is 0. The summed E-state index contributed by atoms with van der Waals surface area (Å²) < 4.78 is 0. The predicted molar refractivity (Wildman–Crippen MR) is 102 cm³/mol. The Balaban J connectivity index is 0.000000190. The van der Waals surface area contributed by atoms with Gasteiger partial charge in [-0.25, -0.2) is 0 Å². The molecule has 7 heteroatoms. The highest BCUT2D eigenvalue weighted by Gasteiger charge is 2.17. The van der Waals surface area contributed by atoms with Crippen LogP contribution in [0.2, 0.25) is 0 Å². The maximum atomic E-state index is 11.7. The van der Waals surface area contributed by atoms with Crippen molar-refractivity contribution in [2.75, 3.05) is 18.4 Å². The Morgan fingerprint density at radius 3 is 2.19 bits per heavy atom. The zero-order valence-corrected chi connectivity index (χ0v) is 14.5. The van der Waals surface area contributed by atoms with Crippen LogP contribution in [0.25, 0.3) is 0 Å². The van der Waals surface area contributed by atoms with Crippen LogP contribution in [0, 0.1) is 0 Å². The van der Waals surface area contributed by atoms with Crippen LogP contribution < -0.4 is 10.8 Å². The zero-order valence-electron chi connectivity index (χ0n) is 14.5. The first-order chi connectivity index (χ1) is 12.6. The van der Waals surface area contributed by atoms with Gasteiger partial charge < -0.3 is 20.3 Å². The second kappa shape index (κ2) is 10.4. The van der Waals surface area contributed by atoms with Gasteiger partial charge in [-0.3, -0.25) is 9.59 Å². The van der Waals surface area contributed by atoms with E-state index in [1.807, 2.05) is 35.2 Å². The standard InChI is InChI=1S/C12H15NO.C7H8BNO3/c14-12(13-8-4-5-9-13)10-11-6-2-1-3-7-11;10-5-9-7-3-1-6(2-4-7)8(11)12/h1-3,6-7H,4-5,8-10H2;1-5,11-12H,(H,9,10). The summed E-state index contributed by atoms with van der Waals surface area (Å²) in [4.78, 5) is 23.7. The van der Waals surface area contributed by atoms with Crippen molar-refractivity contribution in [1.29, 1.82) is 0 Å². The van der Waals surface area contributed by atoms with E-state index in [1.165, 1.54) is 25.0 Å². The minimum atomic E-state index is -1.46. The van der Waals surface area contributed by atoms with Gasteiger partial charge in [-0.05, 0) is 36.0 Å². The maximum Gasteiger partial charge on any atom is 0.488 e. The minimum Gasteiger partial charge on any atom is -0.423 e. The van der Waals surface area contributed by atoms with E-state index in [0.717, 1.165) is 18.7 Å². The number of hydrogen-bond acceptors (Lipinski definition) is 4. The first-order valence-corrected chi connectivity index (χ1v) is 8.58. The number of anilines is 1. The van der Waals surface area contributed by atoms with Crippen LogP contribution >= 0.6 is 0 Å². The second-order valence-corrected chi connectivity index (χ2v) is 6.01. The fourth-order valence-electron chi connectivity index (χ4n) is 2.67. The third kappa shape index (κ3) is 6.35. The number of amides is 2. The predicted octanol–water partition coefficient (Wildman–Crippen LogP) is 0.786. The third-order valence-corrected chi connectivity index (χ3v) is 4.09. The van der Waals surface area contributed by atoms with Crippen molar-refractivity contribution in [3.05, 3.63) is 60.2 Å². The van der Waals surface area contributed by atoms with Crippen LogP contribution in [0.5, 0.6) is 0 Å². The van der Waals surface area contributed by atoms with E-state index < -0.39 is 7.12 Å². The van der Waals surface area contributed by atoms with Gasteiger partial charge >= 0.3 is 7.12 Å². The van der Waals surface area contributed by atoms with E-state index in [2.05, 4.69) is 5.32 Å². The highest BCUT2D eigenvalue weighted by molar-refractivity contribution is 6.58. The van der Waals surface area contributed by atoms with Crippen molar-refractivity contribution >= 4 is 30.6 Å². The molecule has 0 saturated carbocycles. The maximum absolute atomic E-state index is 11.7. The topological polar surface area (TPSA) is 89.9 Å². The quantitative estimate of drug-likeness (QED) is 0.547. The molecule has 0 radical (unpaired) electrons. The van der Waals surface area contributed by atoms with Crippen LogP contribution in [0.3, 0.4) is 0 Å². The van der Waals surface area contributed by atoms with Crippen molar-refractivity contribution in [3.8, 4) is 0 Å². The number of carbonyl (C=O) groups excluding carboxylic acids is 2. The van der Waals surface area contributed by atoms with E-state index in [-0.39, 0.29) is 5.91 Å². The van der Waals surface area contributed by atoms with Gasteiger partial charge in [0.15, 0.2) is 0 Å². The zero-order chi connectivity index (χ0) is 18.8. The normalized spacial score (nSPS) is 12.8. The Labute approximate surface area is 153 Å². The van der Waals surface area contributed by atoms with Crippen molar-refractivity contribution in [2.45, 2.75) is 19.3 Å². The average molecular weight is 354 g/mol. The highest BCUT2D eigenvalue weighted by atomic mass is 16.4. The van der Waals surface area contributed by atoms with Crippen molar-refractivity contribution in [2.24, 2.45) is 0 Å². The molecule has 0 spiro atoms. The highest BCUT2D eigenvalue weighted by Crippen LogP contribution is 2.10. The fourth-order valence-corrected chi connectivity index (χ4v) is 2.67. The molecule has 0 aliphatic carbocycles. The van der Waals surface area contributed by atoms with E-state index in [9.17, 15) is 9.59 Å². The fraction of sp³-hybridized carbons (Fsp3) is 0.263. The smallest absolute Gasteiger partial charge is 0.423 e. The lowest BCUT2D eigenvalue weighted by Gasteiger charge is -2.14. The molecule has 1 saturated heterocycles. The molecule has 0 aromatic heterocycles. The Bertz CT molecular complexity index is 686. The number of carbonyl (C=O) groups is 2. The Kier molecular flexibility index (Phi) is 7.86. The summed E-state index contributed by atoms with van der Waals surface area (Å²) in [5.41, 5.74) is 2.13. The summed E-state index contributed by atoms with van der Waals surface area (Å²) in [5.74, 6) is 0.272.